The van der Waals surface area contributed by atoms with Crippen LogP contribution in [-0.2, 0) is 16.1 Å². The molecule has 204 valence electrons. The van der Waals surface area contributed by atoms with Gasteiger partial charge in [0.05, 0.1) is 30.8 Å². The summed E-state index contributed by atoms with van der Waals surface area (Å²) < 4.78 is 6.07. The minimum Gasteiger partial charge on any atom is -0.494 e. The Balaban J connectivity index is 1.34. The molecule has 2 amide bonds. The van der Waals surface area contributed by atoms with E-state index in [0.29, 0.717) is 31.8 Å². The summed E-state index contributed by atoms with van der Waals surface area (Å²) in [7, 11) is 0. The van der Waals surface area contributed by atoms with Crippen molar-refractivity contribution in [1.29, 1.82) is 5.26 Å². The first kappa shape index (κ1) is 27.2. The Morgan fingerprint density at radius 3 is 2.73 bits per heavy atom. The molecule has 0 unspecified atom stereocenters. The van der Waals surface area contributed by atoms with Crippen LogP contribution in [-0.4, -0.2) is 60.4 Å². The Labute approximate surface area is 235 Å². The Morgan fingerprint density at radius 2 is 1.88 bits per heavy atom. The zero-order valence-corrected chi connectivity index (χ0v) is 22.5. The average molecular weight is 535 g/mol. The van der Waals surface area contributed by atoms with Gasteiger partial charge in [0.15, 0.2) is 0 Å². The molecule has 0 aliphatic carbocycles. The molecule has 7 nitrogen and oxygen atoms in total. The minimum absolute atomic E-state index is 0.0507. The van der Waals surface area contributed by atoms with Gasteiger partial charge in [-0.1, -0.05) is 54.6 Å². The zero-order valence-electron chi connectivity index (χ0n) is 22.5. The summed E-state index contributed by atoms with van der Waals surface area (Å²) in [5.74, 6) is 0.615. The number of carbonyl (C=O) groups is 2. The van der Waals surface area contributed by atoms with Gasteiger partial charge in [-0.2, -0.15) is 5.26 Å². The van der Waals surface area contributed by atoms with E-state index in [9.17, 15) is 14.9 Å². The maximum absolute atomic E-state index is 13.4. The van der Waals surface area contributed by atoms with Crippen molar-refractivity contribution in [2.24, 2.45) is 0 Å². The summed E-state index contributed by atoms with van der Waals surface area (Å²) in [6.07, 6.45) is 5.18. The van der Waals surface area contributed by atoms with Crippen molar-refractivity contribution in [1.82, 2.24) is 15.1 Å². The van der Waals surface area contributed by atoms with Crippen LogP contribution in [0.15, 0.2) is 84.9 Å². The van der Waals surface area contributed by atoms with Crippen molar-refractivity contribution in [3.05, 3.63) is 107 Å². The number of hydrogen-bond donors (Lipinski definition) is 1. The molecule has 2 bridgehead atoms. The predicted octanol–water partition coefficient (Wildman–Crippen LogP) is 4.36. The fourth-order valence-electron chi connectivity index (χ4n) is 5.43. The van der Waals surface area contributed by atoms with E-state index < -0.39 is 0 Å². The first-order chi connectivity index (χ1) is 19.6. The number of nitrogens with zero attached hydrogens (tertiary/aromatic N) is 3. The molecular weight excluding hydrogens is 500 g/mol. The predicted molar refractivity (Wildman–Crippen MR) is 154 cm³/mol. The topological polar surface area (TPSA) is 85.7 Å². The van der Waals surface area contributed by atoms with Crippen molar-refractivity contribution in [2.75, 3.05) is 32.8 Å². The molecule has 0 aromatic heterocycles. The van der Waals surface area contributed by atoms with Crippen molar-refractivity contribution in [3.8, 4) is 11.8 Å². The summed E-state index contributed by atoms with van der Waals surface area (Å²) in [5.41, 5.74) is 3.62. The van der Waals surface area contributed by atoms with E-state index in [1.165, 1.54) is 0 Å². The number of fused-ring (bicyclic) bond motifs is 4. The molecule has 1 fully saturated rings. The SMILES string of the molecule is N#Cc1cccc(CN2CCCCOc3cccc(c3)[C@H]3CN(C(=O)C=Cc4ccccc4)C[C@@H]3NC(=O)C2)c1. The highest BCUT2D eigenvalue weighted by atomic mass is 16.5. The van der Waals surface area contributed by atoms with Crippen LogP contribution >= 0.6 is 0 Å². The van der Waals surface area contributed by atoms with Crippen LogP contribution in [0.5, 0.6) is 5.75 Å². The Kier molecular flexibility index (Phi) is 8.89. The van der Waals surface area contributed by atoms with E-state index in [2.05, 4.69) is 16.3 Å². The lowest BCUT2D eigenvalue weighted by molar-refractivity contribution is -0.126. The maximum Gasteiger partial charge on any atom is 0.246 e. The number of nitrogens with one attached hydrogen (secondary N) is 1. The lowest BCUT2D eigenvalue weighted by Gasteiger charge is -2.25. The van der Waals surface area contributed by atoms with Gasteiger partial charge in [-0.05, 0) is 66.4 Å². The van der Waals surface area contributed by atoms with Crippen LogP contribution in [0.2, 0.25) is 0 Å². The molecule has 3 aromatic carbocycles. The fraction of sp³-hybridized carbons (Fsp3) is 0.303. The third kappa shape index (κ3) is 7.16. The van der Waals surface area contributed by atoms with Crippen LogP contribution in [0.1, 0.15) is 41.0 Å². The number of ether oxygens (including phenoxy) is 1. The largest absolute Gasteiger partial charge is 0.494 e. The third-order valence-electron chi connectivity index (χ3n) is 7.45. The van der Waals surface area contributed by atoms with E-state index >= 15 is 0 Å². The number of rotatable bonds is 4. The molecule has 2 aliphatic heterocycles. The highest BCUT2D eigenvalue weighted by molar-refractivity contribution is 5.92. The Hall–Kier alpha value is -4.41. The lowest BCUT2D eigenvalue weighted by atomic mass is 9.94. The number of amides is 2. The van der Waals surface area contributed by atoms with Crippen molar-refractivity contribution in [2.45, 2.75) is 31.3 Å². The second-order valence-corrected chi connectivity index (χ2v) is 10.4. The normalized spacial score (nSPS) is 20.2. The average Bonchev–Trinajstić information content (AvgIpc) is 3.39. The fourth-order valence-corrected chi connectivity index (χ4v) is 5.43. The number of nitriles is 1. The van der Waals surface area contributed by atoms with E-state index in [0.717, 1.165) is 41.8 Å². The molecule has 40 heavy (non-hydrogen) atoms. The summed E-state index contributed by atoms with van der Waals surface area (Å²) in [6.45, 7) is 3.09. The van der Waals surface area contributed by atoms with Crippen molar-refractivity contribution in [3.63, 3.8) is 0 Å². The first-order valence-electron chi connectivity index (χ1n) is 13.8. The molecule has 7 heteroatoms. The van der Waals surface area contributed by atoms with Gasteiger partial charge in [-0.15, -0.1) is 0 Å². The van der Waals surface area contributed by atoms with E-state index in [1.807, 2.05) is 83.8 Å². The van der Waals surface area contributed by atoms with Gasteiger partial charge >= 0.3 is 0 Å². The second-order valence-electron chi connectivity index (χ2n) is 10.4. The van der Waals surface area contributed by atoms with Crippen LogP contribution < -0.4 is 10.1 Å². The highest BCUT2D eigenvalue weighted by Gasteiger charge is 2.37. The molecule has 0 radical (unpaired) electrons. The molecule has 0 spiro atoms. The van der Waals surface area contributed by atoms with Gasteiger partial charge in [-0.3, -0.25) is 14.5 Å². The second kappa shape index (κ2) is 13.1. The minimum atomic E-state index is -0.219. The molecule has 2 aliphatic rings. The van der Waals surface area contributed by atoms with E-state index in [4.69, 9.17) is 4.74 Å². The van der Waals surface area contributed by atoms with Crippen molar-refractivity contribution >= 4 is 17.9 Å². The van der Waals surface area contributed by atoms with Crippen LogP contribution in [0.25, 0.3) is 6.08 Å². The molecular formula is C33H34N4O3. The maximum atomic E-state index is 13.4. The van der Waals surface area contributed by atoms with Gasteiger partial charge in [0.2, 0.25) is 11.8 Å². The molecule has 3 aromatic rings. The molecule has 0 saturated carbocycles. The molecule has 2 heterocycles. The molecule has 2 atom stereocenters. The van der Waals surface area contributed by atoms with Gasteiger partial charge in [0.25, 0.3) is 0 Å². The van der Waals surface area contributed by atoms with E-state index in [1.54, 1.807) is 12.1 Å². The lowest BCUT2D eigenvalue weighted by Crippen LogP contribution is -2.45. The third-order valence-corrected chi connectivity index (χ3v) is 7.45. The summed E-state index contributed by atoms with van der Waals surface area (Å²) in [5, 5.41) is 12.5. The van der Waals surface area contributed by atoms with Crippen LogP contribution in [0.4, 0.5) is 0 Å². The number of likely N-dealkylation sites (tertiary alicyclic amines) is 1. The molecule has 1 N–H and O–H groups in total. The number of hydrogen-bond acceptors (Lipinski definition) is 5. The van der Waals surface area contributed by atoms with Gasteiger partial charge < -0.3 is 15.0 Å². The summed E-state index contributed by atoms with van der Waals surface area (Å²) in [4.78, 5) is 30.5. The van der Waals surface area contributed by atoms with Crippen LogP contribution in [0, 0.1) is 11.3 Å². The first-order valence-corrected chi connectivity index (χ1v) is 13.8. The summed E-state index contributed by atoms with van der Waals surface area (Å²) >= 11 is 0. The number of benzene rings is 3. The smallest absolute Gasteiger partial charge is 0.246 e. The van der Waals surface area contributed by atoms with E-state index in [-0.39, 0.29) is 30.3 Å². The zero-order chi connectivity index (χ0) is 27.7. The summed E-state index contributed by atoms with van der Waals surface area (Å²) in [6, 6.07) is 27.3. The van der Waals surface area contributed by atoms with Gasteiger partial charge in [0, 0.05) is 31.6 Å². The Morgan fingerprint density at radius 1 is 1.02 bits per heavy atom. The monoisotopic (exact) mass is 534 g/mol. The quantitative estimate of drug-likeness (QED) is 0.503. The van der Waals surface area contributed by atoms with Crippen LogP contribution in [0.3, 0.4) is 0 Å². The van der Waals surface area contributed by atoms with Crippen molar-refractivity contribution < 1.29 is 14.3 Å². The van der Waals surface area contributed by atoms with Gasteiger partial charge in [0.1, 0.15) is 5.75 Å². The molecule has 1 saturated heterocycles. The highest BCUT2D eigenvalue weighted by Crippen LogP contribution is 2.30. The standard InChI is InChI=1S/C33H34N4O3/c34-20-26-10-6-11-27(18-26)21-36-16-4-5-17-40-29-13-7-12-28(19-29)30-22-37(23-31(30)35-32(38)24-36)33(39)15-14-25-8-2-1-3-9-25/h1-3,6-15,18-19,30-31H,4-5,16-17,21-24H2,(H,35,38)/t30-,31+/m1/s1. The van der Waals surface area contributed by atoms with Gasteiger partial charge in [-0.25, -0.2) is 0 Å². The number of carbonyl (C=O) groups excluding carboxylic acids is 2. The Bertz CT molecular complexity index is 1400. The molecule has 5 rings (SSSR count).